The summed E-state index contributed by atoms with van der Waals surface area (Å²) in [5, 5.41) is 0. The monoisotopic (exact) mass is 434 g/mol. The molecule has 2 heterocycles. The Labute approximate surface area is 116 Å². The van der Waals surface area contributed by atoms with Gasteiger partial charge < -0.3 is 14.0 Å². The van der Waals surface area contributed by atoms with Crippen molar-refractivity contribution in [2.75, 3.05) is 13.2 Å². The van der Waals surface area contributed by atoms with E-state index in [4.69, 9.17) is 9.47 Å². The molecule has 84 valence electrons. The number of nitrogens with zero attached hydrogens (tertiary/aromatic N) is 2. The van der Waals surface area contributed by atoms with E-state index in [1.807, 2.05) is 10.9 Å². The molecule has 1 aromatic rings. The van der Waals surface area contributed by atoms with Crippen molar-refractivity contribution in [2.45, 2.75) is 25.7 Å². The lowest BCUT2D eigenvalue weighted by molar-refractivity contribution is -0.0574. The average molecular weight is 434 g/mol. The molecule has 1 aromatic heterocycles. The van der Waals surface area contributed by atoms with Gasteiger partial charge in [-0.05, 0) is 58.0 Å². The van der Waals surface area contributed by atoms with Crippen LogP contribution in [0.15, 0.2) is 6.33 Å². The third-order valence-electron chi connectivity index (χ3n) is 2.35. The molecule has 6 heteroatoms. The number of aromatic nitrogens is 2. The molecule has 4 nitrogen and oxygen atoms in total. The summed E-state index contributed by atoms with van der Waals surface area (Å²) in [4.78, 5) is 4.22. The van der Waals surface area contributed by atoms with Crippen LogP contribution in [0.2, 0.25) is 0 Å². The van der Waals surface area contributed by atoms with Gasteiger partial charge in [-0.1, -0.05) is 0 Å². The Morgan fingerprint density at radius 2 is 2.20 bits per heavy atom. The Morgan fingerprint density at radius 1 is 1.47 bits per heavy atom. The van der Waals surface area contributed by atoms with Crippen molar-refractivity contribution in [3.05, 3.63) is 13.7 Å². The van der Waals surface area contributed by atoms with Crippen molar-refractivity contribution in [1.29, 1.82) is 0 Å². The summed E-state index contributed by atoms with van der Waals surface area (Å²) in [5.41, 5.74) is 0. The Kier molecular flexibility index (Phi) is 4.65. The Bertz CT molecular complexity index is 324. The van der Waals surface area contributed by atoms with Gasteiger partial charge in [0.05, 0.1) is 12.4 Å². The molecule has 0 saturated carbocycles. The molecular formula is C9H12I2N2O2. The first-order chi connectivity index (χ1) is 7.27. The van der Waals surface area contributed by atoms with Crippen molar-refractivity contribution in [3.8, 4) is 0 Å². The number of rotatable bonds is 3. The molecular weight excluding hydrogens is 422 g/mol. The Hall–Kier alpha value is 0.590. The van der Waals surface area contributed by atoms with Crippen molar-refractivity contribution >= 4 is 45.2 Å². The first-order valence-corrected chi connectivity index (χ1v) is 6.98. The SMILES string of the molecule is Ic1ncn(COC2CCOCC2)c1I. The molecule has 0 aromatic carbocycles. The van der Waals surface area contributed by atoms with Crippen LogP contribution in [0, 0.1) is 7.40 Å². The van der Waals surface area contributed by atoms with E-state index in [0.717, 1.165) is 33.5 Å². The second-order valence-electron chi connectivity index (χ2n) is 3.40. The largest absolute Gasteiger partial charge is 0.381 e. The Morgan fingerprint density at radius 3 is 2.80 bits per heavy atom. The van der Waals surface area contributed by atoms with Gasteiger partial charge in [0, 0.05) is 13.2 Å². The fourth-order valence-corrected chi connectivity index (χ4v) is 2.30. The third kappa shape index (κ3) is 3.27. The number of hydrogen-bond donors (Lipinski definition) is 0. The highest BCUT2D eigenvalue weighted by molar-refractivity contribution is 14.1. The topological polar surface area (TPSA) is 36.3 Å². The van der Waals surface area contributed by atoms with Gasteiger partial charge in [-0.25, -0.2) is 4.98 Å². The molecule has 2 rings (SSSR count). The molecule has 0 amide bonds. The van der Waals surface area contributed by atoms with Gasteiger partial charge in [0.25, 0.3) is 0 Å². The van der Waals surface area contributed by atoms with Gasteiger partial charge in [-0.2, -0.15) is 0 Å². The number of ether oxygens (including phenoxy) is 2. The summed E-state index contributed by atoms with van der Waals surface area (Å²) in [6.07, 6.45) is 4.17. The maximum atomic E-state index is 5.80. The number of imidazole rings is 1. The standard InChI is InChI=1S/C9H12I2N2O2/c10-8-9(11)13(5-12-8)6-15-7-1-3-14-4-2-7/h5,7H,1-4,6H2. The zero-order valence-corrected chi connectivity index (χ0v) is 12.5. The normalized spacial score (nSPS) is 18.3. The van der Waals surface area contributed by atoms with E-state index < -0.39 is 0 Å². The predicted octanol–water partition coefficient (Wildman–Crippen LogP) is 2.25. The minimum atomic E-state index is 0.342. The Balaban J connectivity index is 1.84. The number of hydrogen-bond acceptors (Lipinski definition) is 3. The lowest BCUT2D eigenvalue weighted by atomic mass is 10.2. The molecule has 0 radical (unpaired) electrons. The third-order valence-corrected chi connectivity index (χ3v) is 5.30. The molecule has 0 N–H and O–H groups in total. The van der Waals surface area contributed by atoms with E-state index in [0.29, 0.717) is 12.8 Å². The van der Waals surface area contributed by atoms with Gasteiger partial charge in [0.15, 0.2) is 0 Å². The molecule has 1 aliphatic heterocycles. The summed E-state index contributed by atoms with van der Waals surface area (Å²) in [6, 6.07) is 0. The molecule has 0 aliphatic carbocycles. The summed E-state index contributed by atoms with van der Waals surface area (Å²) >= 11 is 4.51. The lowest BCUT2D eigenvalue weighted by Gasteiger charge is -2.22. The zero-order valence-electron chi connectivity index (χ0n) is 8.16. The van der Waals surface area contributed by atoms with Crippen LogP contribution in [-0.4, -0.2) is 28.9 Å². The summed E-state index contributed by atoms with van der Waals surface area (Å²) in [7, 11) is 0. The van der Waals surface area contributed by atoms with Gasteiger partial charge >= 0.3 is 0 Å². The minimum absolute atomic E-state index is 0.342. The second-order valence-corrected chi connectivity index (χ2v) is 5.45. The van der Waals surface area contributed by atoms with Crippen LogP contribution in [0.25, 0.3) is 0 Å². The average Bonchev–Trinajstić information content (AvgIpc) is 2.59. The van der Waals surface area contributed by atoms with Gasteiger partial charge in [0.1, 0.15) is 14.1 Å². The molecule has 0 spiro atoms. The van der Waals surface area contributed by atoms with E-state index in [-0.39, 0.29) is 0 Å². The van der Waals surface area contributed by atoms with Crippen molar-refractivity contribution in [1.82, 2.24) is 9.55 Å². The van der Waals surface area contributed by atoms with Crippen molar-refractivity contribution in [2.24, 2.45) is 0 Å². The lowest BCUT2D eigenvalue weighted by Crippen LogP contribution is -2.24. The quantitative estimate of drug-likeness (QED) is 0.686. The van der Waals surface area contributed by atoms with E-state index in [1.54, 1.807) is 0 Å². The highest BCUT2D eigenvalue weighted by Crippen LogP contribution is 2.15. The molecule has 1 saturated heterocycles. The van der Waals surface area contributed by atoms with Gasteiger partial charge in [0.2, 0.25) is 0 Å². The van der Waals surface area contributed by atoms with Gasteiger partial charge in [-0.3, -0.25) is 0 Å². The number of halogens is 2. The van der Waals surface area contributed by atoms with E-state index in [9.17, 15) is 0 Å². The first kappa shape index (κ1) is 12.1. The summed E-state index contributed by atoms with van der Waals surface area (Å²) in [6.45, 7) is 2.24. The fraction of sp³-hybridized carbons (Fsp3) is 0.667. The zero-order chi connectivity index (χ0) is 10.7. The van der Waals surface area contributed by atoms with Crippen molar-refractivity contribution in [3.63, 3.8) is 0 Å². The van der Waals surface area contributed by atoms with Crippen LogP contribution in [-0.2, 0) is 16.2 Å². The first-order valence-electron chi connectivity index (χ1n) is 4.83. The van der Waals surface area contributed by atoms with Crippen LogP contribution in [0.1, 0.15) is 12.8 Å². The molecule has 0 unspecified atom stereocenters. The minimum Gasteiger partial charge on any atom is -0.381 e. The van der Waals surface area contributed by atoms with Crippen LogP contribution < -0.4 is 0 Å². The fourth-order valence-electron chi connectivity index (χ4n) is 1.46. The smallest absolute Gasteiger partial charge is 0.133 e. The second kappa shape index (κ2) is 5.78. The van der Waals surface area contributed by atoms with Crippen LogP contribution in [0.4, 0.5) is 0 Å². The van der Waals surface area contributed by atoms with Crippen LogP contribution in [0.5, 0.6) is 0 Å². The maximum absolute atomic E-state index is 5.80. The molecule has 0 atom stereocenters. The van der Waals surface area contributed by atoms with E-state index in [1.165, 1.54) is 0 Å². The molecule has 0 bridgehead atoms. The highest BCUT2D eigenvalue weighted by atomic mass is 127. The van der Waals surface area contributed by atoms with Crippen LogP contribution >= 0.6 is 45.2 Å². The molecule has 1 aliphatic rings. The van der Waals surface area contributed by atoms with Gasteiger partial charge in [-0.15, -0.1) is 0 Å². The maximum Gasteiger partial charge on any atom is 0.133 e. The highest BCUT2D eigenvalue weighted by Gasteiger charge is 2.14. The molecule has 1 fully saturated rings. The van der Waals surface area contributed by atoms with Crippen LogP contribution in [0.3, 0.4) is 0 Å². The van der Waals surface area contributed by atoms with Crippen molar-refractivity contribution < 1.29 is 9.47 Å². The molecule has 15 heavy (non-hydrogen) atoms. The summed E-state index contributed by atoms with van der Waals surface area (Å²) < 4.78 is 15.3. The predicted molar refractivity (Wildman–Crippen MR) is 72.6 cm³/mol. The summed E-state index contributed by atoms with van der Waals surface area (Å²) in [5.74, 6) is 0. The van der Waals surface area contributed by atoms with E-state index in [2.05, 4.69) is 50.2 Å². The van der Waals surface area contributed by atoms with E-state index >= 15 is 0 Å².